The van der Waals surface area contributed by atoms with Crippen molar-refractivity contribution in [2.24, 2.45) is 0 Å². The molecule has 81 valence electrons. The number of rotatable bonds is 3. The van der Waals surface area contributed by atoms with Crippen LogP contribution in [0.3, 0.4) is 0 Å². The van der Waals surface area contributed by atoms with E-state index in [1.54, 1.807) is 14.1 Å². The number of carbonyl (C=O) groups is 1. The van der Waals surface area contributed by atoms with Gasteiger partial charge in [0.25, 0.3) is 0 Å². The highest BCUT2D eigenvalue weighted by Gasteiger charge is 2.06. The fourth-order valence-electron chi connectivity index (χ4n) is 0.935. The SMILES string of the molecule is CN(C)C(=O)CCn1[c]n[nH]c(=O)c1=O. The van der Waals surface area contributed by atoms with E-state index in [0.29, 0.717) is 0 Å². The summed E-state index contributed by atoms with van der Waals surface area (Å²) in [6, 6.07) is 0. The average Bonchev–Trinajstić information content (AvgIpc) is 2.19. The lowest BCUT2D eigenvalue weighted by Gasteiger charge is -2.09. The third-order valence-corrected chi connectivity index (χ3v) is 1.82. The van der Waals surface area contributed by atoms with Crippen LogP contribution in [-0.4, -0.2) is 39.7 Å². The summed E-state index contributed by atoms with van der Waals surface area (Å²) in [7, 11) is 3.23. The molecule has 15 heavy (non-hydrogen) atoms. The van der Waals surface area contributed by atoms with Crippen LogP contribution in [-0.2, 0) is 11.3 Å². The van der Waals surface area contributed by atoms with Crippen molar-refractivity contribution in [1.29, 1.82) is 0 Å². The van der Waals surface area contributed by atoms with Crippen molar-refractivity contribution in [3.63, 3.8) is 0 Å². The molecule has 1 aromatic rings. The maximum absolute atomic E-state index is 11.2. The van der Waals surface area contributed by atoms with Crippen LogP contribution in [0, 0.1) is 6.33 Å². The van der Waals surface area contributed by atoms with E-state index < -0.39 is 11.1 Å². The number of hydrogen-bond donors (Lipinski definition) is 1. The fourth-order valence-corrected chi connectivity index (χ4v) is 0.935. The van der Waals surface area contributed by atoms with Gasteiger partial charge in [0.1, 0.15) is 0 Å². The van der Waals surface area contributed by atoms with Crippen molar-refractivity contribution in [2.75, 3.05) is 14.1 Å². The van der Waals surface area contributed by atoms with Crippen LogP contribution in [0.25, 0.3) is 0 Å². The van der Waals surface area contributed by atoms with Crippen LogP contribution in [0.1, 0.15) is 6.42 Å². The molecule has 1 heterocycles. The van der Waals surface area contributed by atoms with Crippen LogP contribution < -0.4 is 11.1 Å². The zero-order chi connectivity index (χ0) is 11.4. The molecule has 0 bridgehead atoms. The van der Waals surface area contributed by atoms with E-state index in [2.05, 4.69) is 11.4 Å². The van der Waals surface area contributed by atoms with E-state index in [0.717, 1.165) is 4.57 Å². The van der Waals surface area contributed by atoms with Gasteiger partial charge in [-0.1, -0.05) is 0 Å². The van der Waals surface area contributed by atoms with Gasteiger partial charge in [0.05, 0.1) is 0 Å². The quantitative estimate of drug-likeness (QED) is 0.598. The van der Waals surface area contributed by atoms with Crippen LogP contribution in [0.4, 0.5) is 0 Å². The number of nitrogens with one attached hydrogen (secondary N) is 1. The Morgan fingerprint density at radius 3 is 2.80 bits per heavy atom. The summed E-state index contributed by atoms with van der Waals surface area (Å²) in [5.74, 6) is -0.129. The summed E-state index contributed by atoms with van der Waals surface area (Å²) in [4.78, 5) is 34.6. The Labute approximate surface area is 85.3 Å². The molecule has 0 fully saturated rings. The molecule has 1 radical (unpaired) electrons. The number of aromatic nitrogens is 3. The number of amides is 1. The van der Waals surface area contributed by atoms with Crippen molar-refractivity contribution >= 4 is 5.91 Å². The second-order valence-corrected chi connectivity index (χ2v) is 3.15. The zero-order valence-corrected chi connectivity index (χ0v) is 8.48. The molecular weight excluding hydrogens is 200 g/mol. The summed E-state index contributed by atoms with van der Waals surface area (Å²) in [6.45, 7) is 0.104. The standard InChI is InChI=1S/C8H11N4O3/c1-11(2)6(13)3-4-12-5-9-10-7(14)8(12)15/h3-4H2,1-2H3,(H,10,14). The van der Waals surface area contributed by atoms with Crippen LogP contribution in [0.5, 0.6) is 0 Å². The van der Waals surface area contributed by atoms with Gasteiger partial charge in [-0.15, -0.1) is 0 Å². The Balaban J connectivity index is 2.75. The summed E-state index contributed by atoms with van der Waals surface area (Å²) in [6.07, 6.45) is 2.43. The highest BCUT2D eigenvalue weighted by atomic mass is 16.2. The van der Waals surface area contributed by atoms with Crippen molar-refractivity contribution in [2.45, 2.75) is 13.0 Å². The molecule has 1 amide bonds. The lowest BCUT2D eigenvalue weighted by Crippen LogP contribution is -2.37. The minimum absolute atomic E-state index is 0.104. The monoisotopic (exact) mass is 211 g/mol. The van der Waals surface area contributed by atoms with Gasteiger partial charge >= 0.3 is 11.1 Å². The first-order valence-electron chi connectivity index (χ1n) is 4.29. The highest BCUT2D eigenvalue weighted by molar-refractivity contribution is 5.75. The number of H-pyrrole nitrogens is 1. The van der Waals surface area contributed by atoms with Gasteiger partial charge in [0.2, 0.25) is 12.2 Å². The molecule has 7 heteroatoms. The van der Waals surface area contributed by atoms with Crippen molar-refractivity contribution < 1.29 is 4.79 Å². The van der Waals surface area contributed by atoms with Gasteiger partial charge in [-0.3, -0.25) is 19.0 Å². The summed E-state index contributed by atoms with van der Waals surface area (Å²) < 4.78 is 0.986. The van der Waals surface area contributed by atoms with Crippen molar-refractivity contribution in [1.82, 2.24) is 19.7 Å². The van der Waals surface area contributed by atoms with E-state index in [-0.39, 0.29) is 18.9 Å². The molecule has 0 aromatic carbocycles. The summed E-state index contributed by atoms with van der Waals surface area (Å²) in [5.41, 5.74) is -1.57. The van der Waals surface area contributed by atoms with Crippen molar-refractivity contribution in [3.05, 3.63) is 27.0 Å². The largest absolute Gasteiger partial charge is 0.349 e. The zero-order valence-electron chi connectivity index (χ0n) is 8.48. The molecule has 1 rings (SSSR count). The molecule has 7 nitrogen and oxygen atoms in total. The third kappa shape index (κ3) is 2.76. The second-order valence-electron chi connectivity index (χ2n) is 3.15. The van der Waals surface area contributed by atoms with Crippen molar-refractivity contribution in [3.8, 4) is 0 Å². The second kappa shape index (κ2) is 4.54. The third-order valence-electron chi connectivity index (χ3n) is 1.82. The first-order valence-corrected chi connectivity index (χ1v) is 4.29. The van der Waals surface area contributed by atoms with Gasteiger partial charge in [0.15, 0.2) is 0 Å². The fraction of sp³-hybridized carbons (Fsp3) is 0.500. The van der Waals surface area contributed by atoms with Crippen LogP contribution >= 0.6 is 0 Å². The lowest BCUT2D eigenvalue weighted by molar-refractivity contribution is -0.128. The molecule has 1 aromatic heterocycles. The van der Waals surface area contributed by atoms with Gasteiger partial charge in [-0.2, -0.15) is 5.10 Å². The summed E-state index contributed by atoms with van der Waals surface area (Å²) in [5, 5.41) is 5.30. The molecule has 0 spiro atoms. The van der Waals surface area contributed by atoms with Crippen LogP contribution in [0.15, 0.2) is 9.59 Å². The van der Waals surface area contributed by atoms with Crippen LogP contribution in [0.2, 0.25) is 0 Å². The summed E-state index contributed by atoms with van der Waals surface area (Å²) >= 11 is 0. The molecule has 0 aliphatic rings. The Hall–Kier alpha value is -1.92. The number of nitrogens with zero attached hydrogens (tertiary/aromatic N) is 3. The molecule has 0 saturated heterocycles. The van der Waals surface area contributed by atoms with E-state index in [1.165, 1.54) is 4.90 Å². The molecule has 0 aliphatic carbocycles. The Morgan fingerprint density at radius 2 is 2.20 bits per heavy atom. The molecule has 0 aliphatic heterocycles. The Bertz CT molecular complexity index is 459. The topological polar surface area (TPSA) is 88.1 Å². The Morgan fingerprint density at radius 1 is 1.53 bits per heavy atom. The lowest BCUT2D eigenvalue weighted by atomic mass is 10.4. The minimum Gasteiger partial charge on any atom is -0.349 e. The highest BCUT2D eigenvalue weighted by Crippen LogP contribution is 1.88. The van der Waals surface area contributed by atoms with Gasteiger partial charge in [0, 0.05) is 27.1 Å². The maximum atomic E-state index is 11.2. The first-order chi connectivity index (χ1) is 7.02. The van der Waals surface area contributed by atoms with E-state index in [4.69, 9.17) is 0 Å². The average molecular weight is 211 g/mol. The molecule has 1 N–H and O–H groups in total. The molecular formula is C8H11N4O3. The van der Waals surface area contributed by atoms with Gasteiger partial charge in [-0.05, 0) is 0 Å². The number of aryl methyl sites for hydroxylation is 1. The minimum atomic E-state index is -0.814. The van der Waals surface area contributed by atoms with Gasteiger partial charge < -0.3 is 4.90 Å². The molecule has 0 unspecified atom stereocenters. The predicted molar refractivity (Wildman–Crippen MR) is 51.3 cm³/mol. The molecule has 0 saturated carbocycles. The van der Waals surface area contributed by atoms with E-state index in [1.807, 2.05) is 5.10 Å². The normalized spacial score (nSPS) is 10.0. The van der Waals surface area contributed by atoms with Gasteiger partial charge in [-0.25, -0.2) is 5.10 Å². The molecule has 0 atom stereocenters. The van der Waals surface area contributed by atoms with E-state index >= 15 is 0 Å². The van der Waals surface area contributed by atoms with E-state index in [9.17, 15) is 14.4 Å². The number of aromatic amines is 1. The number of hydrogen-bond acceptors (Lipinski definition) is 4. The number of carbonyl (C=O) groups excluding carboxylic acids is 1. The maximum Gasteiger partial charge on any atom is 0.330 e. The smallest absolute Gasteiger partial charge is 0.330 e. The Kier molecular flexibility index (Phi) is 3.37. The first kappa shape index (κ1) is 11.2. The predicted octanol–water partition coefficient (Wildman–Crippen LogP) is -1.79.